The van der Waals surface area contributed by atoms with Crippen molar-refractivity contribution >= 4 is 29.7 Å². The SMILES string of the molecule is Cl.NCCCC(=O)N1CCCC1c1cccs1. The van der Waals surface area contributed by atoms with Crippen molar-refractivity contribution in [1.29, 1.82) is 0 Å². The van der Waals surface area contributed by atoms with Crippen LogP contribution in [0.4, 0.5) is 0 Å². The Balaban J connectivity index is 0.00000144. The van der Waals surface area contributed by atoms with Crippen molar-refractivity contribution in [1.82, 2.24) is 4.90 Å². The second-order valence-corrected chi connectivity index (χ2v) is 5.13. The fourth-order valence-electron chi connectivity index (χ4n) is 2.24. The number of thiophene rings is 1. The van der Waals surface area contributed by atoms with Crippen molar-refractivity contribution in [3.8, 4) is 0 Å². The van der Waals surface area contributed by atoms with Crippen LogP contribution in [0, 0.1) is 0 Å². The molecule has 0 bridgehead atoms. The van der Waals surface area contributed by atoms with Crippen LogP contribution in [-0.2, 0) is 4.79 Å². The standard InChI is InChI=1S/C12H18N2OS.ClH/c13-7-1-6-12(15)14-8-2-4-10(14)11-5-3-9-16-11;/h3,5,9-10H,1-2,4,6-8,13H2;1H. The van der Waals surface area contributed by atoms with Gasteiger partial charge < -0.3 is 10.6 Å². The highest BCUT2D eigenvalue weighted by molar-refractivity contribution is 7.10. The molecule has 5 heteroatoms. The topological polar surface area (TPSA) is 46.3 Å². The molecule has 17 heavy (non-hydrogen) atoms. The van der Waals surface area contributed by atoms with Gasteiger partial charge in [0.15, 0.2) is 0 Å². The maximum absolute atomic E-state index is 12.0. The van der Waals surface area contributed by atoms with E-state index in [9.17, 15) is 4.79 Å². The molecule has 0 radical (unpaired) electrons. The molecule has 1 aromatic rings. The van der Waals surface area contributed by atoms with Crippen molar-refractivity contribution in [2.45, 2.75) is 31.7 Å². The normalized spacial score (nSPS) is 19.1. The van der Waals surface area contributed by atoms with Crippen molar-refractivity contribution in [2.24, 2.45) is 5.73 Å². The number of halogens is 1. The first-order valence-electron chi connectivity index (χ1n) is 5.86. The molecule has 1 aliphatic heterocycles. The van der Waals surface area contributed by atoms with E-state index in [2.05, 4.69) is 17.5 Å². The van der Waals surface area contributed by atoms with Crippen LogP contribution in [0.15, 0.2) is 17.5 Å². The molecule has 1 unspecified atom stereocenters. The van der Waals surface area contributed by atoms with E-state index in [1.165, 1.54) is 4.88 Å². The summed E-state index contributed by atoms with van der Waals surface area (Å²) in [4.78, 5) is 15.3. The Kier molecular flexibility index (Phi) is 5.95. The molecule has 0 aliphatic carbocycles. The monoisotopic (exact) mass is 274 g/mol. The number of nitrogens with two attached hydrogens (primary N) is 1. The average molecular weight is 275 g/mol. The van der Waals surface area contributed by atoms with Gasteiger partial charge in [-0.1, -0.05) is 6.07 Å². The van der Waals surface area contributed by atoms with E-state index in [1.807, 2.05) is 4.90 Å². The van der Waals surface area contributed by atoms with Gasteiger partial charge in [0.05, 0.1) is 6.04 Å². The van der Waals surface area contributed by atoms with Gasteiger partial charge in [0.2, 0.25) is 5.91 Å². The molecule has 96 valence electrons. The Morgan fingerprint density at radius 3 is 3.06 bits per heavy atom. The molecule has 2 rings (SSSR count). The predicted molar refractivity (Wildman–Crippen MR) is 73.5 cm³/mol. The minimum atomic E-state index is 0. The van der Waals surface area contributed by atoms with E-state index in [1.54, 1.807) is 11.3 Å². The third kappa shape index (κ3) is 3.44. The van der Waals surface area contributed by atoms with E-state index in [0.717, 1.165) is 25.8 Å². The summed E-state index contributed by atoms with van der Waals surface area (Å²) < 4.78 is 0. The van der Waals surface area contributed by atoms with Gasteiger partial charge in [0.1, 0.15) is 0 Å². The maximum Gasteiger partial charge on any atom is 0.223 e. The summed E-state index contributed by atoms with van der Waals surface area (Å²) in [5.74, 6) is 0.265. The van der Waals surface area contributed by atoms with E-state index in [4.69, 9.17) is 5.73 Å². The number of amides is 1. The van der Waals surface area contributed by atoms with Crippen LogP contribution in [0.25, 0.3) is 0 Å². The van der Waals surface area contributed by atoms with E-state index in [-0.39, 0.29) is 18.3 Å². The van der Waals surface area contributed by atoms with Crippen molar-refractivity contribution in [3.05, 3.63) is 22.4 Å². The quantitative estimate of drug-likeness (QED) is 0.917. The first-order valence-corrected chi connectivity index (χ1v) is 6.74. The summed E-state index contributed by atoms with van der Waals surface area (Å²) in [7, 11) is 0. The van der Waals surface area contributed by atoms with Gasteiger partial charge in [-0.05, 0) is 37.3 Å². The second kappa shape index (κ2) is 6.99. The third-order valence-electron chi connectivity index (χ3n) is 3.04. The minimum Gasteiger partial charge on any atom is -0.335 e. The molecule has 3 nitrogen and oxygen atoms in total. The molecule has 1 saturated heterocycles. The second-order valence-electron chi connectivity index (χ2n) is 4.15. The van der Waals surface area contributed by atoms with Gasteiger partial charge in [-0.25, -0.2) is 0 Å². The summed E-state index contributed by atoms with van der Waals surface area (Å²) in [5, 5.41) is 2.08. The molecule has 0 saturated carbocycles. The first-order chi connectivity index (χ1) is 7.83. The molecular weight excluding hydrogens is 256 g/mol. The van der Waals surface area contributed by atoms with Crippen LogP contribution >= 0.6 is 23.7 Å². The number of hydrogen-bond donors (Lipinski definition) is 1. The number of rotatable bonds is 4. The Labute approximate surface area is 112 Å². The highest BCUT2D eigenvalue weighted by Crippen LogP contribution is 2.34. The first kappa shape index (κ1) is 14.5. The summed E-state index contributed by atoms with van der Waals surface area (Å²) in [6.07, 6.45) is 3.62. The van der Waals surface area contributed by atoms with Crippen LogP contribution in [-0.4, -0.2) is 23.9 Å². The number of hydrogen-bond acceptors (Lipinski definition) is 3. The molecule has 0 spiro atoms. The average Bonchev–Trinajstić information content (AvgIpc) is 2.94. The van der Waals surface area contributed by atoms with E-state index in [0.29, 0.717) is 19.0 Å². The molecule has 2 heterocycles. The number of carbonyl (C=O) groups is 1. The zero-order chi connectivity index (χ0) is 11.4. The van der Waals surface area contributed by atoms with Crippen LogP contribution in [0.2, 0.25) is 0 Å². The Bertz CT molecular complexity index is 342. The van der Waals surface area contributed by atoms with E-state index >= 15 is 0 Å². The number of carbonyl (C=O) groups excluding carboxylic acids is 1. The highest BCUT2D eigenvalue weighted by atomic mass is 35.5. The fraction of sp³-hybridized carbons (Fsp3) is 0.583. The van der Waals surface area contributed by atoms with Crippen molar-refractivity contribution in [3.63, 3.8) is 0 Å². The Morgan fingerprint density at radius 1 is 1.59 bits per heavy atom. The summed E-state index contributed by atoms with van der Waals surface area (Å²) in [6, 6.07) is 4.51. The van der Waals surface area contributed by atoms with Gasteiger partial charge in [-0.2, -0.15) is 0 Å². The zero-order valence-corrected chi connectivity index (χ0v) is 11.4. The van der Waals surface area contributed by atoms with Gasteiger partial charge in [0.25, 0.3) is 0 Å². The van der Waals surface area contributed by atoms with Crippen LogP contribution in [0.1, 0.15) is 36.6 Å². The minimum absolute atomic E-state index is 0. The lowest BCUT2D eigenvalue weighted by atomic mass is 10.1. The zero-order valence-electron chi connectivity index (χ0n) is 9.80. The molecule has 1 aliphatic rings. The van der Waals surface area contributed by atoms with Crippen LogP contribution in [0.5, 0.6) is 0 Å². The van der Waals surface area contributed by atoms with Crippen LogP contribution < -0.4 is 5.73 Å². The molecule has 0 aromatic carbocycles. The Hall–Kier alpha value is -0.580. The van der Waals surface area contributed by atoms with Gasteiger partial charge in [-0.3, -0.25) is 4.79 Å². The lowest BCUT2D eigenvalue weighted by Gasteiger charge is -2.23. The molecule has 1 atom stereocenters. The molecule has 1 amide bonds. The predicted octanol–water partition coefficient (Wildman–Crippen LogP) is 2.57. The molecule has 1 fully saturated rings. The highest BCUT2D eigenvalue weighted by Gasteiger charge is 2.29. The number of nitrogens with zero attached hydrogens (tertiary/aromatic N) is 1. The van der Waals surface area contributed by atoms with Crippen LogP contribution in [0.3, 0.4) is 0 Å². The lowest BCUT2D eigenvalue weighted by Crippen LogP contribution is -2.30. The van der Waals surface area contributed by atoms with Crippen molar-refractivity contribution in [2.75, 3.05) is 13.1 Å². The maximum atomic E-state index is 12.0. The lowest BCUT2D eigenvalue weighted by molar-refractivity contribution is -0.132. The Morgan fingerprint density at radius 2 is 2.41 bits per heavy atom. The van der Waals surface area contributed by atoms with Gasteiger partial charge >= 0.3 is 0 Å². The van der Waals surface area contributed by atoms with Crippen molar-refractivity contribution < 1.29 is 4.79 Å². The van der Waals surface area contributed by atoms with E-state index < -0.39 is 0 Å². The fourth-order valence-corrected chi connectivity index (χ4v) is 3.11. The third-order valence-corrected chi connectivity index (χ3v) is 4.01. The molecular formula is C12H19ClN2OS. The largest absolute Gasteiger partial charge is 0.335 e. The summed E-state index contributed by atoms with van der Waals surface area (Å²) in [5.41, 5.74) is 5.44. The summed E-state index contributed by atoms with van der Waals surface area (Å²) >= 11 is 1.75. The smallest absolute Gasteiger partial charge is 0.223 e. The van der Waals surface area contributed by atoms with Gasteiger partial charge in [-0.15, -0.1) is 23.7 Å². The molecule has 2 N–H and O–H groups in total. The number of likely N-dealkylation sites (tertiary alicyclic amines) is 1. The molecule has 1 aromatic heterocycles. The van der Waals surface area contributed by atoms with Gasteiger partial charge in [0, 0.05) is 17.8 Å². The summed E-state index contributed by atoms with van der Waals surface area (Å²) in [6.45, 7) is 1.51.